The van der Waals surface area contributed by atoms with Gasteiger partial charge in [-0.2, -0.15) is 0 Å². The summed E-state index contributed by atoms with van der Waals surface area (Å²) in [6.45, 7) is 3.31. The molecule has 0 atom stereocenters. The molecule has 0 spiro atoms. The molecule has 0 aromatic heterocycles. The molecule has 0 radical (unpaired) electrons. The lowest BCUT2D eigenvalue weighted by Crippen LogP contribution is -2.38. The van der Waals surface area contributed by atoms with Gasteiger partial charge in [0.1, 0.15) is 5.75 Å². The van der Waals surface area contributed by atoms with Gasteiger partial charge in [-0.25, -0.2) is 0 Å². The first kappa shape index (κ1) is 18.3. The lowest BCUT2D eigenvalue weighted by atomic mass is 10.1. The molecule has 1 aliphatic carbocycles. The normalized spacial score (nSPS) is 14.4. The standard InChI is InChI=1S/C19H28N2O3/c1-2-3-11-24-17-10-6-7-15(12-17)13-20-18(22)14-21-19(23)16-8-4-5-9-16/h6-7,10,12,16H,2-5,8-9,11,13-14H2,1H3,(H,20,22)(H,21,23). The molecule has 1 aromatic carbocycles. The summed E-state index contributed by atoms with van der Waals surface area (Å²) in [6, 6.07) is 7.73. The lowest BCUT2D eigenvalue weighted by Gasteiger charge is -2.11. The molecule has 2 N–H and O–H groups in total. The van der Waals surface area contributed by atoms with Gasteiger partial charge in [-0.05, 0) is 37.0 Å². The Morgan fingerprint density at radius 2 is 2.00 bits per heavy atom. The molecule has 1 aliphatic rings. The van der Waals surface area contributed by atoms with E-state index in [1.165, 1.54) is 0 Å². The third-order valence-electron chi connectivity index (χ3n) is 4.30. The van der Waals surface area contributed by atoms with Crippen molar-refractivity contribution in [3.63, 3.8) is 0 Å². The summed E-state index contributed by atoms with van der Waals surface area (Å²) in [5.41, 5.74) is 0.986. The SMILES string of the molecule is CCCCOc1cccc(CNC(=O)CNC(=O)C2CCCC2)c1. The van der Waals surface area contributed by atoms with E-state index in [2.05, 4.69) is 17.6 Å². The number of nitrogens with one attached hydrogen (secondary N) is 2. The molecule has 24 heavy (non-hydrogen) atoms. The van der Waals surface area contributed by atoms with Crippen LogP contribution in [-0.4, -0.2) is 25.0 Å². The van der Waals surface area contributed by atoms with Crippen molar-refractivity contribution in [2.24, 2.45) is 5.92 Å². The van der Waals surface area contributed by atoms with Crippen molar-refractivity contribution >= 4 is 11.8 Å². The lowest BCUT2D eigenvalue weighted by molar-refractivity contribution is -0.128. The van der Waals surface area contributed by atoms with E-state index >= 15 is 0 Å². The van der Waals surface area contributed by atoms with Gasteiger partial charge in [-0.1, -0.05) is 38.3 Å². The monoisotopic (exact) mass is 332 g/mol. The summed E-state index contributed by atoms with van der Waals surface area (Å²) < 4.78 is 5.66. The maximum absolute atomic E-state index is 11.9. The predicted octanol–water partition coefficient (Wildman–Crippen LogP) is 2.79. The summed E-state index contributed by atoms with van der Waals surface area (Å²) in [6.07, 6.45) is 6.24. The van der Waals surface area contributed by atoms with Crippen LogP contribution in [0.5, 0.6) is 5.75 Å². The molecule has 0 bridgehead atoms. The molecule has 1 saturated carbocycles. The van der Waals surface area contributed by atoms with Crippen molar-refractivity contribution in [3.05, 3.63) is 29.8 Å². The van der Waals surface area contributed by atoms with E-state index in [9.17, 15) is 9.59 Å². The van der Waals surface area contributed by atoms with E-state index < -0.39 is 0 Å². The van der Waals surface area contributed by atoms with Gasteiger partial charge in [0.25, 0.3) is 0 Å². The van der Waals surface area contributed by atoms with Gasteiger partial charge < -0.3 is 15.4 Å². The number of ether oxygens (including phenoxy) is 1. The summed E-state index contributed by atoms with van der Waals surface area (Å²) in [5, 5.41) is 5.56. The van der Waals surface area contributed by atoms with Crippen LogP contribution < -0.4 is 15.4 Å². The van der Waals surface area contributed by atoms with Crippen molar-refractivity contribution in [3.8, 4) is 5.75 Å². The van der Waals surface area contributed by atoms with E-state index in [0.717, 1.165) is 49.8 Å². The zero-order valence-electron chi connectivity index (χ0n) is 14.5. The van der Waals surface area contributed by atoms with Crippen LogP contribution in [0.3, 0.4) is 0 Å². The first-order valence-corrected chi connectivity index (χ1v) is 8.95. The zero-order valence-corrected chi connectivity index (χ0v) is 14.5. The predicted molar refractivity (Wildman–Crippen MR) is 93.7 cm³/mol. The number of unbranched alkanes of at least 4 members (excludes halogenated alkanes) is 1. The van der Waals surface area contributed by atoms with E-state index in [1.54, 1.807) is 0 Å². The summed E-state index contributed by atoms with van der Waals surface area (Å²) in [7, 11) is 0. The Morgan fingerprint density at radius 1 is 1.21 bits per heavy atom. The second-order valence-corrected chi connectivity index (χ2v) is 6.33. The molecule has 0 aliphatic heterocycles. The van der Waals surface area contributed by atoms with Gasteiger partial charge in [-0.3, -0.25) is 9.59 Å². The van der Waals surface area contributed by atoms with Crippen LogP contribution >= 0.6 is 0 Å². The maximum Gasteiger partial charge on any atom is 0.239 e. The molecule has 0 heterocycles. The second-order valence-electron chi connectivity index (χ2n) is 6.33. The molecule has 2 amide bonds. The molecule has 132 valence electrons. The molecular weight excluding hydrogens is 304 g/mol. The number of carbonyl (C=O) groups is 2. The molecule has 5 heteroatoms. The average Bonchev–Trinajstić information content (AvgIpc) is 3.13. The smallest absolute Gasteiger partial charge is 0.239 e. The van der Waals surface area contributed by atoms with Crippen LogP contribution in [0.4, 0.5) is 0 Å². The third-order valence-corrected chi connectivity index (χ3v) is 4.30. The quantitative estimate of drug-likeness (QED) is 0.683. The topological polar surface area (TPSA) is 67.4 Å². The number of rotatable bonds is 9. The Kier molecular flexibility index (Phi) is 7.59. The molecule has 5 nitrogen and oxygen atoms in total. The number of benzene rings is 1. The summed E-state index contributed by atoms with van der Waals surface area (Å²) in [5.74, 6) is 0.757. The maximum atomic E-state index is 11.9. The van der Waals surface area contributed by atoms with E-state index in [-0.39, 0.29) is 24.3 Å². The van der Waals surface area contributed by atoms with Crippen molar-refractivity contribution in [1.82, 2.24) is 10.6 Å². The summed E-state index contributed by atoms with van der Waals surface area (Å²) in [4.78, 5) is 23.8. The van der Waals surface area contributed by atoms with Crippen LogP contribution in [0.2, 0.25) is 0 Å². The summed E-state index contributed by atoms with van der Waals surface area (Å²) >= 11 is 0. The first-order valence-electron chi connectivity index (χ1n) is 8.95. The highest BCUT2D eigenvalue weighted by Crippen LogP contribution is 2.24. The van der Waals surface area contributed by atoms with Gasteiger partial charge >= 0.3 is 0 Å². The highest BCUT2D eigenvalue weighted by Gasteiger charge is 2.22. The van der Waals surface area contributed by atoms with Crippen molar-refractivity contribution in [2.75, 3.05) is 13.2 Å². The van der Waals surface area contributed by atoms with Gasteiger partial charge in [0.05, 0.1) is 13.2 Å². The van der Waals surface area contributed by atoms with E-state index in [4.69, 9.17) is 4.74 Å². The highest BCUT2D eigenvalue weighted by molar-refractivity contribution is 5.85. The van der Waals surface area contributed by atoms with Crippen molar-refractivity contribution in [2.45, 2.75) is 52.0 Å². The molecule has 1 fully saturated rings. The van der Waals surface area contributed by atoms with Crippen LogP contribution in [0, 0.1) is 5.92 Å². The fraction of sp³-hybridized carbons (Fsp3) is 0.579. The Morgan fingerprint density at radius 3 is 2.75 bits per heavy atom. The first-order chi connectivity index (χ1) is 11.7. The third kappa shape index (κ3) is 6.22. The Hall–Kier alpha value is -2.04. The number of amides is 2. The number of hydrogen-bond donors (Lipinski definition) is 2. The second kappa shape index (κ2) is 9.96. The van der Waals surface area contributed by atoms with Gasteiger partial charge in [0.15, 0.2) is 0 Å². The molecule has 0 unspecified atom stereocenters. The highest BCUT2D eigenvalue weighted by atomic mass is 16.5. The van der Waals surface area contributed by atoms with E-state index in [0.29, 0.717) is 13.2 Å². The number of carbonyl (C=O) groups excluding carboxylic acids is 2. The van der Waals surface area contributed by atoms with Crippen LogP contribution in [0.25, 0.3) is 0 Å². The van der Waals surface area contributed by atoms with Crippen LogP contribution in [-0.2, 0) is 16.1 Å². The zero-order chi connectivity index (χ0) is 17.2. The van der Waals surface area contributed by atoms with E-state index in [1.807, 2.05) is 24.3 Å². The van der Waals surface area contributed by atoms with Crippen molar-refractivity contribution in [1.29, 1.82) is 0 Å². The fourth-order valence-electron chi connectivity index (χ4n) is 2.84. The average molecular weight is 332 g/mol. The molecule has 2 rings (SSSR count). The molecular formula is C19H28N2O3. The van der Waals surface area contributed by atoms with Crippen molar-refractivity contribution < 1.29 is 14.3 Å². The Labute approximate surface area is 144 Å². The Bertz CT molecular complexity index is 539. The van der Waals surface area contributed by atoms with Gasteiger partial charge in [0, 0.05) is 12.5 Å². The number of hydrogen-bond acceptors (Lipinski definition) is 3. The van der Waals surface area contributed by atoms with Gasteiger partial charge in [0.2, 0.25) is 11.8 Å². The van der Waals surface area contributed by atoms with Gasteiger partial charge in [-0.15, -0.1) is 0 Å². The minimum Gasteiger partial charge on any atom is -0.494 e. The molecule has 1 aromatic rings. The fourth-order valence-corrected chi connectivity index (χ4v) is 2.84. The van der Waals surface area contributed by atoms with Crippen LogP contribution in [0.1, 0.15) is 51.0 Å². The minimum atomic E-state index is -0.168. The van der Waals surface area contributed by atoms with Crippen LogP contribution in [0.15, 0.2) is 24.3 Å². The minimum absolute atomic E-state index is 0.00831. The molecule has 0 saturated heterocycles. The largest absolute Gasteiger partial charge is 0.494 e. The Balaban J connectivity index is 1.69.